The molecule has 39 heavy (non-hydrogen) atoms. The molecule has 0 amide bonds. The van der Waals surface area contributed by atoms with E-state index >= 15 is 0 Å². The maximum Gasteiger partial charge on any atom is 3.00 e. The number of piperidine rings is 1. The summed E-state index contributed by atoms with van der Waals surface area (Å²) in [5.74, 6) is -0.559. The number of aromatic nitrogens is 2. The van der Waals surface area contributed by atoms with Gasteiger partial charge in [0.15, 0.2) is 0 Å². The van der Waals surface area contributed by atoms with Crippen molar-refractivity contribution in [3.05, 3.63) is 102 Å². The third-order valence-electron chi connectivity index (χ3n) is 6.80. The van der Waals surface area contributed by atoms with E-state index in [0.717, 1.165) is 51.6 Å². The summed E-state index contributed by atoms with van der Waals surface area (Å²) >= 11 is 0. The van der Waals surface area contributed by atoms with E-state index in [1.54, 1.807) is 12.4 Å². The maximum atomic E-state index is 8.21. The molecule has 1 aliphatic rings. The van der Waals surface area contributed by atoms with Gasteiger partial charge in [-0.15, -0.1) is 30.8 Å². The van der Waals surface area contributed by atoms with E-state index in [9.17, 15) is 0 Å². The van der Waals surface area contributed by atoms with Gasteiger partial charge in [0.2, 0.25) is 5.71 Å². The van der Waals surface area contributed by atoms with Crippen molar-refractivity contribution in [1.82, 2.24) is 9.97 Å². The maximum absolute atomic E-state index is 8.21. The Morgan fingerprint density at radius 1 is 1.00 bits per heavy atom. The molecule has 3 aromatic heterocycles. The fourth-order valence-electron chi connectivity index (χ4n) is 4.92. The van der Waals surface area contributed by atoms with Crippen LogP contribution in [0.25, 0.3) is 38.6 Å². The van der Waals surface area contributed by atoms with Gasteiger partial charge < -0.3 is 14.7 Å². The van der Waals surface area contributed by atoms with Crippen LogP contribution in [0.3, 0.4) is 0 Å². The Kier molecular flexibility index (Phi) is 8.69. The minimum atomic E-state index is -1.10. The molecule has 1 aliphatic heterocycles. The number of benzene rings is 2. The minimum absolute atomic E-state index is 0. The number of hydrogen-bond acceptors (Lipinski definition) is 3. The molecule has 1 fully saturated rings. The molecule has 0 spiro atoms. The van der Waals surface area contributed by atoms with E-state index in [1.165, 1.54) is 0 Å². The van der Waals surface area contributed by atoms with Crippen LogP contribution >= 0.6 is 0 Å². The molecule has 4 nitrogen and oxygen atoms in total. The largest absolute Gasteiger partial charge is 3.00 e. The van der Waals surface area contributed by atoms with Crippen LogP contribution in [0.1, 0.15) is 74.1 Å². The number of nitrogens with zero attached hydrogens (tertiary/aromatic N) is 3. The van der Waals surface area contributed by atoms with Gasteiger partial charge in [-0.2, -0.15) is 35.9 Å². The molecule has 2 atom stereocenters. The van der Waals surface area contributed by atoms with Crippen LogP contribution in [0, 0.1) is 24.0 Å². The van der Waals surface area contributed by atoms with Crippen molar-refractivity contribution in [2.45, 2.75) is 58.8 Å². The van der Waals surface area contributed by atoms with Crippen LogP contribution < -0.4 is 0 Å². The third-order valence-corrected chi connectivity index (χ3v) is 6.80. The van der Waals surface area contributed by atoms with Gasteiger partial charge in [-0.05, 0) is 42.1 Å². The van der Waals surface area contributed by atoms with Crippen molar-refractivity contribution >= 4 is 22.1 Å². The second kappa shape index (κ2) is 13.5. The first-order valence-electron chi connectivity index (χ1n) is 14.8. The van der Waals surface area contributed by atoms with Gasteiger partial charge in [0.25, 0.3) is 0 Å². The number of rotatable bonds is 5. The molecule has 2 aromatic carbocycles. The average molecular weight is 698 g/mol. The van der Waals surface area contributed by atoms with Crippen molar-refractivity contribution in [1.29, 1.82) is 0 Å². The Morgan fingerprint density at radius 2 is 1.87 bits per heavy atom. The molecule has 6 rings (SSSR count). The average Bonchev–Trinajstić information content (AvgIpc) is 3.37. The molecule has 0 N–H and O–H groups in total. The Hall–Kier alpha value is -2.85. The predicted octanol–water partition coefficient (Wildman–Crippen LogP) is 9.32. The third kappa shape index (κ3) is 7.03. The Morgan fingerprint density at radius 3 is 2.59 bits per heavy atom. The van der Waals surface area contributed by atoms with E-state index in [-0.39, 0.29) is 38.0 Å². The summed E-state index contributed by atoms with van der Waals surface area (Å²) in [6.45, 7) is 8.27. The molecule has 202 valence electrons. The monoisotopic (exact) mass is 698 g/mol. The molecule has 0 bridgehead atoms. The van der Waals surface area contributed by atoms with Gasteiger partial charge in [0.05, 0.1) is 5.58 Å². The molecule has 1 saturated heterocycles. The van der Waals surface area contributed by atoms with E-state index in [4.69, 9.17) is 8.53 Å². The zero-order valence-electron chi connectivity index (χ0n) is 25.9. The summed E-state index contributed by atoms with van der Waals surface area (Å²) in [7, 11) is 0. The number of hydrogen-bond donors (Lipinski definition) is 0. The number of fused-ring (bicyclic) bond motifs is 3. The Bertz CT molecular complexity index is 1610. The molecular weight excluding hydrogens is 659 g/mol. The van der Waals surface area contributed by atoms with Crippen molar-refractivity contribution < 1.29 is 28.6 Å². The van der Waals surface area contributed by atoms with Gasteiger partial charge in [0, 0.05) is 21.9 Å². The molecule has 2 unspecified atom stereocenters. The van der Waals surface area contributed by atoms with E-state index < -0.39 is 12.3 Å². The zero-order chi connectivity index (χ0) is 29.2. The Labute approximate surface area is 250 Å². The SMILES string of the molecule is [2H]C(C)(C)c1ccnc(-c2[c-]ccc3c2oc2ncccc23)c1.[2H]C([2H])(C(C)C)C1CCC(c2[c-]cccc2)[N-]C1.[Ir+3]. The van der Waals surface area contributed by atoms with Gasteiger partial charge in [-0.25, -0.2) is 4.98 Å². The molecular formula is C34H36IrN3O. The van der Waals surface area contributed by atoms with E-state index in [1.807, 2.05) is 82.3 Å². The first-order chi connectivity index (χ1) is 19.6. The second-order valence-electron chi connectivity index (χ2n) is 10.3. The number of pyridine rings is 2. The van der Waals surface area contributed by atoms with Crippen molar-refractivity contribution in [2.75, 3.05) is 6.54 Å². The second-order valence-corrected chi connectivity index (χ2v) is 10.3. The molecule has 0 saturated carbocycles. The fourth-order valence-corrected chi connectivity index (χ4v) is 4.92. The molecule has 5 heteroatoms. The van der Waals surface area contributed by atoms with Gasteiger partial charge >= 0.3 is 20.1 Å². The standard InChI is InChI=1S/C19H15N2O.C15H21N.Ir/c1-12(2)13-8-10-20-17(11-13)16-6-3-5-14-15-7-4-9-21-19(15)22-18(14)16;1-12(2)10-13-8-9-15(16-11-13)14-6-4-3-5-7-14;/h3-5,7-12H,1-2H3;3-6,12-13,15H,8-11H2,1-2H3;/q-1;-2;+3/i12D;10D2;. The van der Waals surface area contributed by atoms with Crippen molar-refractivity contribution in [2.24, 2.45) is 11.8 Å². The summed E-state index contributed by atoms with van der Waals surface area (Å²) in [5.41, 5.74) is 4.94. The van der Waals surface area contributed by atoms with Gasteiger partial charge in [0.1, 0.15) is 0 Å². The zero-order valence-corrected chi connectivity index (χ0v) is 25.3. The van der Waals surface area contributed by atoms with Gasteiger partial charge in [-0.3, -0.25) is 0 Å². The van der Waals surface area contributed by atoms with E-state index in [2.05, 4.69) is 33.5 Å². The van der Waals surface area contributed by atoms with Crippen LogP contribution in [0.15, 0.2) is 77.5 Å². The quantitative estimate of drug-likeness (QED) is 0.172. The summed E-state index contributed by atoms with van der Waals surface area (Å²) in [6.07, 6.45) is 4.21. The summed E-state index contributed by atoms with van der Waals surface area (Å²) in [5, 5.41) is 6.64. The molecule has 0 radical (unpaired) electrons. The van der Waals surface area contributed by atoms with Crippen LogP contribution in [0.4, 0.5) is 0 Å². The molecule has 5 aromatic rings. The topological polar surface area (TPSA) is 53.0 Å². The normalized spacial score (nSPS) is 18.9. The number of furan rings is 1. The molecule has 0 aliphatic carbocycles. The van der Waals surface area contributed by atoms with E-state index in [0.29, 0.717) is 12.3 Å². The van der Waals surface area contributed by atoms with Crippen LogP contribution in [-0.2, 0) is 20.1 Å². The first-order valence-corrected chi connectivity index (χ1v) is 13.3. The predicted molar refractivity (Wildman–Crippen MR) is 156 cm³/mol. The summed E-state index contributed by atoms with van der Waals surface area (Å²) < 4.78 is 30.4. The minimum Gasteiger partial charge on any atom is -0.657 e. The summed E-state index contributed by atoms with van der Waals surface area (Å²) in [6, 6.07) is 26.2. The first kappa shape index (κ1) is 25.1. The fraction of sp³-hybridized carbons (Fsp3) is 0.353. The van der Waals surface area contributed by atoms with Crippen LogP contribution in [-0.4, -0.2) is 16.5 Å². The van der Waals surface area contributed by atoms with Gasteiger partial charge in [-0.1, -0.05) is 69.0 Å². The van der Waals surface area contributed by atoms with Crippen LogP contribution in [0.2, 0.25) is 0 Å². The molecule has 4 heterocycles. The summed E-state index contributed by atoms with van der Waals surface area (Å²) in [4.78, 5) is 8.73. The van der Waals surface area contributed by atoms with Crippen molar-refractivity contribution in [3.63, 3.8) is 0 Å². The van der Waals surface area contributed by atoms with Crippen LogP contribution in [0.5, 0.6) is 0 Å². The Balaban J connectivity index is 0.000000194. The smallest absolute Gasteiger partial charge is 0.657 e. The van der Waals surface area contributed by atoms with Crippen molar-refractivity contribution in [3.8, 4) is 11.3 Å².